The van der Waals surface area contributed by atoms with Crippen molar-refractivity contribution in [1.82, 2.24) is 14.9 Å². The Morgan fingerprint density at radius 3 is 2.89 bits per heavy atom. The van der Waals surface area contributed by atoms with Gasteiger partial charge in [-0.05, 0) is 38.1 Å². The number of hydrogen-bond donors (Lipinski definition) is 0. The SMILES string of the molecule is c1cnc(C2CCCN2CC2CCOCC2)cn1. The number of aromatic nitrogens is 2. The van der Waals surface area contributed by atoms with Gasteiger partial charge in [0.1, 0.15) is 0 Å². The zero-order valence-corrected chi connectivity index (χ0v) is 10.8. The second-order valence-corrected chi connectivity index (χ2v) is 5.34. The summed E-state index contributed by atoms with van der Waals surface area (Å²) in [7, 11) is 0. The summed E-state index contributed by atoms with van der Waals surface area (Å²) in [4.78, 5) is 11.3. The molecule has 0 spiro atoms. The molecule has 0 amide bonds. The van der Waals surface area contributed by atoms with Crippen LogP contribution in [0.3, 0.4) is 0 Å². The predicted octanol–water partition coefficient (Wildman–Crippen LogP) is 2.04. The van der Waals surface area contributed by atoms with Crippen LogP contribution < -0.4 is 0 Å². The molecule has 3 heterocycles. The number of rotatable bonds is 3. The fraction of sp³-hybridized carbons (Fsp3) is 0.714. The summed E-state index contributed by atoms with van der Waals surface area (Å²) >= 11 is 0. The fourth-order valence-electron chi connectivity index (χ4n) is 3.12. The largest absolute Gasteiger partial charge is 0.381 e. The highest BCUT2D eigenvalue weighted by Crippen LogP contribution is 2.32. The van der Waals surface area contributed by atoms with E-state index in [4.69, 9.17) is 4.74 Å². The first kappa shape index (κ1) is 12.1. The Morgan fingerprint density at radius 2 is 2.11 bits per heavy atom. The van der Waals surface area contributed by atoms with Gasteiger partial charge in [-0.3, -0.25) is 14.9 Å². The average molecular weight is 247 g/mol. The first-order valence-electron chi connectivity index (χ1n) is 7.01. The maximum absolute atomic E-state index is 5.43. The molecule has 0 radical (unpaired) electrons. The van der Waals surface area contributed by atoms with Gasteiger partial charge in [0.25, 0.3) is 0 Å². The molecule has 1 aromatic rings. The monoisotopic (exact) mass is 247 g/mol. The number of likely N-dealkylation sites (tertiary alicyclic amines) is 1. The van der Waals surface area contributed by atoms with Crippen molar-refractivity contribution in [3.8, 4) is 0 Å². The fourth-order valence-corrected chi connectivity index (χ4v) is 3.12. The summed E-state index contributed by atoms with van der Waals surface area (Å²) in [6, 6.07) is 0.488. The molecule has 2 aliphatic heterocycles. The van der Waals surface area contributed by atoms with E-state index in [1.807, 2.05) is 6.20 Å². The van der Waals surface area contributed by atoms with E-state index in [1.54, 1.807) is 12.4 Å². The van der Waals surface area contributed by atoms with E-state index < -0.39 is 0 Å². The van der Waals surface area contributed by atoms with E-state index >= 15 is 0 Å². The Labute approximate surface area is 108 Å². The molecule has 0 aliphatic carbocycles. The van der Waals surface area contributed by atoms with Crippen molar-refractivity contribution < 1.29 is 4.74 Å². The van der Waals surface area contributed by atoms with Crippen molar-refractivity contribution >= 4 is 0 Å². The van der Waals surface area contributed by atoms with E-state index in [2.05, 4.69) is 14.9 Å². The topological polar surface area (TPSA) is 38.2 Å². The molecule has 1 atom stereocenters. The minimum absolute atomic E-state index is 0.488. The summed E-state index contributed by atoms with van der Waals surface area (Å²) < 4.78 is 5.43. The summed E-state index contributed by atoms with van der Waals surface area (Å²) in [5.74, 6) is 0.802. The smallest absolute Gasteiger partial charge is 0.0758 e. The molecule has 2 fully saturated rings. The highest BCUT2D eigenvalue weighted by Gasteiger charge is 2.29. The third-order valence-electron chi connectivity index (χ3n) is 4.12. The summed E-state index contributed by atoms with van der Waals surface area (Å²) in [6.07, 6.45) is 10.4. The maximum atomic E-state index is 5.43. The second-order valence-electron chi connectivity index (χ2n) is 5.34. The molecule has 0 saturated carbocycles. The lowest BCUT2D eigenvalue weighted by atomic mass is 9.99. The Bertz CT molecular complexity index is 365. The molecule has 4 nitrogen and oxygen atoms in total. The van der Waals surface area contributed by atoms with Gasteiger partial charge in [-0.1, -0.05) is 0 Å². The third-order valence-corrected chi connectivity index (χ3v) is 4.12. The van der Waals surface area contributed by atoms with Crippen LogP contribution in [-0.2, 0) is 4.74 Å². The molecule has 18 heavy (non-hydrogen) atoms. The molecule has 0 aromatic carbocycles. The molecule has 98 valence electrons. The average Bonchev–Trinajstić information content (AvgIpc) is 2.89. The van der Waals surface area contributed by atoms with Crippen LogP contribution in [0.15, 0.2) is 18.6 Å². The molecular formula is C14H21N3O. The van der Waals surface area contributed by atoms with Gasteiger partial charge in [0, 0.05) is 38.3 Å². The van der Waals surface area contributed by atoms with E-state index in [1.165, 1.54) is 38.8 Å². The van der Waals surface area contributed by atoms with E-state index in [9.17, 15) is 0 Å². The number of hydrogen-bond acceptors (Lipinski definition) is 4. The van der Waals surface area contributed by atoms with Gasteiger partial charge in [-0.2, -0.15) is 0 Å². The van der Waals surface area contributed by atoms with Crippen LogP contribution in [-0.4, -0.2) is 41.2 Å². The molecule has 2 saturated heterocycles. The summed E-state index contributed by atoms with van der Waals surface area (Å²) in [5, 5.41) is 0. The van der Waals surface area contributed by atoms with Crippen molar-refractivity contribution in [2.24, 2.45) is 5.92 Å². The minimum Gasteiger partial charge on any atom is -0.381 e. The lowest BCUT2D eigenvalue weighted by Crippen LogP contribution is -2.32. The van der Waals surface area contributed by atoms with Crippen LogP contribution >= 0.6 is 0 Å². The van der Waals surface area contributed by atoms with Crippen molar-refractivity contribution in [3.05, 3.63) is 24.3 Å². The summed E-state index contributed by atoms with van der Waals surface area (Å²) in [6.45, 7) is 4.28. The Hall–Kier alpha value is -1.00. The Kier molecular flexibility index (Phi) is 3.86. The van der Waals surface area contributed by atoms with Crippen LogP contribution in [0.5, 0.6) is 0 Å². The molecule has 0 bridgehead atoms. The van der Waals surface area contributed by atoms with Crippen LogP contribution in [0, 0.1) is 5.92 Å². The van der Waals surface area contributed by atoms with Crippen LogP contribution in [0.4, 0.5) is 0 Å². The standard InChI is InChI=1S/C14H21N3O/c1-2-14(13-10-15-5-6-16-13)17(7-1)11-12-3-8-18-9-4-12/h5-6,10,12,14H,1-4,7-9,11H2. The molecular weight excluding hydrogens is 226 g/mol. The molecule has 3 rings (SSSR count). The third kappa shape index (κ3) is 2.70. The maximum Gasteiger partial charge on any atom is 0.0758 e. The molecule has 0 N–H and O–H groups in total. The highest BCUT2D eigenvalue weighted by molar-refractivity contribution is 5.05. The molecule has 4 heteroatoms. The quantitative estimate of drug-likeness (QED) is 0.819. The first-order chi connectivity index (χ1) is 8.93. The predicted molar refractivity (Wildman–Crippen MR) is 69.1 cm³/mol. The van der Waals surface area contributed by atoms with E-state index in [0.29, 0.717) is 6.04 Å². The Balaban J connectivity index is 1.64. The van der Waals surface area contributed by atoms with Crippen LogP contribution in [0.2, 0.25) is 0 Å². The zero-order chi connectivity index (χ0) is 12.2. The normalized spacial score (nSPS) is 26.6. The summed E-state index contributed by atoms with van der Waals surface area (Å²) in [5.41, 5.74) is 1.14. The minimum atomic E-state index is 0.488. The molecule has 1 aromatic heterocycles. The van der Waals surface area contributed by atoms with Crippen molar-refractivity contribution in [2.75, 3.05) is 26.3 Å². The van der Waals surface area contributed by atoms with Gasteiger partial charge in [-0.25, -0.2) is 0 Å². The van der Waals surface area contributed by atoms with Crippen LogP contribution in [0.1, 0.15) is 37.4 Å². The lowest BCUT2D eigenvalue weighted by Gasteiger charge is -2.30. The number of ether oxygens (including phenoxy) is 1. The van der Waals surface area contributed by atoms with Crippen molar-refractivity contribution in [1.29, 1.82) is 0 Å². The Morgan fingerprint density at radius 1 is 1.22 bits per heavy atom. The first-order valence-corrected chi connectivity index (χ1v) is 7.01. The molecule has 1 unspecified atom stereocenters. The van der Waals surface area contributed by atoms with Gasteiger partial charge in [0.05, 0.1) is 11.7 Å². The molecule has 2 aliphatic rings. The van der Waals surface area contributed by atoms with E-state index in [0.717, 1.165) is 24.8 Å². The highest BCUT2D eigenvalue weighted by atomic mass is 16.5. The van der Waals surface area contributed by atoms with Crippen molar-refractivity contribution in [3.63, 3.8) is 0 Å². The van der Waals surface area contributed by atoms with Gasteiger partial charge in [-0.15, -0.1) is 0 Å². The number of nitrogens with zero attached hydrogens (tertiary/aromatic N) is 3. The second kappa shape index (κ2) is 5.76. The van der Waals surface area contributed by atoms with Crippen molar-refractivity contribution in [2.45, 2.75) is 31.7 Å². The lowest BCUT2D eigenvalue weighted by molar-refractivity contribution is 0.0504. The van der Waals surface area contributed by atoms with Gasteiger partial charge in [0.15, 0.2) is 0 Å². The van der Waals surface area contributed by atoms with Gasteiger partial charge < -0.3 is 4.74 Å². The van der Waals surface area contributed by atoms with Gasteiger partial charge >= 0.3 is 0 Å². The van der Waals surface area contributed by atoms with Crippen LogP contribution in [0.25, 0.3) is 0 Å². The zero-order valence-electron chi connectivity index (χ0n) is 10.8. The van der Waals surface area contributed by atoms with Gasteiger partial charge in [0.2, 0.25) is 0 Å². The van der Waals surface area contributed by atoms with E-state index in [-0.39, 0.29) is 0 Å².